The fourth-order valence-corrected chi connectivity index (χ4v) is 5.18. The minimum atomic E-state index is -3.80. The van der Waals surface area contributed by atoms with Gasteiger partial charge in [-0.1, -0.05) is 11.6 Å². The molecule has 2 aromatic rings. The fraction of sp³-hybridized carbons (Fsp3) is 0.400. The highest BCUT2D eigenvalue weighted by Gasteiger charge is 2.33. The van der Waals surface area contributed by atoms with Crippen molar-refractivity contribution in [2.24, 2.45) is 12.8 Å². The van der Waals surface area contributed by atoms with Crippen LogP contribution < -0.4 is 10.5 Å². The molecule has 9 nitrogen and oxygen atoms in total. The second kappa shape index (κ2) is 8.89. The molecule has 0 spiro atoms. The number of nitrogens with zero attached hydrogens (tertiary/aromatic N) is 3. The van der Waals surface area contributed by atoms with Crippen molar-refractivity contribution in [3.8, 4) is 5.75 Å². The first-order valence-corrected chi connectivity index (χ1v) is 11.5. The van der Waals surface area contributed by atoms with Gasteiger partial charge in [-0.2, -0.15) is 4.31 Å². The van der Waals surface area contributed by atoms with E-state index in [9.17, 15) is 18.0 Å². The van der Waals surface area contributed by atoms with Gasteiger partial charge in [-0.05, 0) is 43.7 Å². The van der Waals surface area contributed by atoms with Crippen LogP contribution in [-0.4, -0.2) is 66.3 Å². The van der Waals surface area contributed by atoms with Crippen LogP contribution in [0.1, 0.15) is 23.0 Å². The summed E-state index contributed by atoms with van der Waals surface area (Å²) in [6.07, 6.45) is 0.632. The van der Waals surface area contributed by atoms with Crippen LogP contribution in [0.2, 0.25) is 5.02 Å². The zero-order valence-electron chi connectivity index (χ0n) is 17.5. The summed E-state index contributed by atoms with van der Waals surface area (Å²) in [4.78, 5) is 25.8. The Morgan fingerprint density at radius 2 is 1.81 bits per heavy atom. The number of hydrogen-bond acceptors (Lipinski definition) is 5. The van der Waals surface area contributed by atoms with Crippen molar-refractivity contribution in [3.05, 3.63) is 46.7 Å². The van der Waals surface area contributed by atoms with E-state index in [4.69, 9.17) is 22.1 Å². The molecule has 0 bridgehead atoms. The zero-order chi connectivity index (χ0) is 22.9. The van der Waals surface area contributed by atoms with Crippen LogP contribution in [0.25, 0.3) is 0 Å². The predicted molar refractivity (Wildman–Crippen MR) is 116 cm³/mol. The molecule has 3 rings (SSSR count). The van der Waals surface area contributed by atoms with Crippen molar-refractivity contribution in [2.75, 3.05) is 26.2 Å². The van der Waals surface area contributed by atoms with Crippen LogP contribution >= 0.6 is 11.6 Å². The van der Waals surface area contributed by atoms with E-state index in [-0.39, 0.29) is 42.7 Å². The molecule has 0 saturated carbocycles. The van der Waals surface area contributed by atoms with Gasteiger partial charge in [0.1, 0.15) is 16.3 Å². The second-order valence-corrected chi connectivity index (χ2v) is 9.81. The third kappa shape index (κ3) is 4.86. The Balaban J connectivity index is 1.63. The zero-order valence-corrected chi connectivity index (χ0v) is 19.1. The number of primary amides is 1. The standard InChI is InChI=1S/C20H25ClN4O5S/c1-13-10-15(21)4-5-18(13)30-14(2)20(27)24-6-8-25(9-7-24)31(28,29)16-11-17(19(22)26)23(3)12-16/h4-5,10-12,14H,6-9H2,1-3H3,(H2,22,26)/t14-/m1/s1. The third-order valence-corrected chi connectivity index (χ3v) is 7.31. The van der Waals surface area contributed by atoms with E-state index < -0.39 is 22.0 Å². The van der Waals surface area contributed by atoms with Gasteiger partial charge < -0.3 is 19.9 Å². The summed E-state index contributed by atoms with van der Waals surface area (Å²) < 4.78 is 34.3. The maximum Gasteiger partial charge on any atom is 0.265 e. The van der Waals surface area contributed by atoms with Gasteiger partial charge in [0.05, 0.1) is 0 Å². The Hall–Kier alpha value is -2.56. The van der Waals surface area contributed by atoms with Gasteiger partial charge in [0, 0.05) is 44.4 Å². The van der Waals surface area contributed by atoms with Gasteiger partial charge in [0.25, 0.3) is 11.8 Å². The summed E-state index contributed by atoms with van der Waals surface area (Å²) in [5.74, 6) is -0.354. The molecule has 31 heavy (non-hydrogen) atoms. The number of amides is 2. The quantitative estimate of drug-likeness (QED) is 0.687. The predicted octanol–water partition coefficient (Wildman–Crippen LogP) is 1.39. The summed E-state index contributed by atoms with van der Waals surface area (Å²) in [6.45, 7) is 4.26. The van der Waals surface area contributed by atoms with Crippen molar-refractivity contribution in [1.82, 2.24) is 13.8 Å². The lowest BCUT2D eigenvalue weighted by molar-refractivity contribution is -0.139. The number of benzene rings is 1. The Labute approximate surface area is 186 Å². The van der Waals surface area contributed by atoms with Crippen molar-refractivity contribution >= 4 is 33.4 Å². The minimum Gasteiger partial charge on any atom is -0.481 e. The number of sulfonamides is 1. The third-order valence-electron chi connectivity index (χ3n) is 5.21. The van der Waals surface area contributed by atoms with Gasteiger partial charge in [0.2, 0.25) is 10.0 Å². The molecule has 1 saturated heterocycles. The van der Waals surface area contributed by atoms with Crippen molar-refractivity contribution in [1.29, 1.82) is 0 Å². The number of aromatic nitrogens is 1. The van der Waals surface area contributed by atoms with E-state index in [0.29, 0.717) is 10.8 Å². The number of ether oxygens (including phenoxy) is 1. The number of rotatable bonds is 6. The van der Waals surface area contributed by atoms with Gasteiger partial charge in [-0.15, -0.1) is 0 Å². The monoisotopic (exact) mass is 468 g/mol. The largest absolute Gasteiger partial charge is 0.481 e. The van der Waals surface area contributed by atoms with E-state index in [1.165, 1.54) is 21.1 Å². The molecule has 2 amide bonds. The Kier molecular flexibility index (Phi) is 6.63. The van der Waals surface area contributed by atoms with E-state index in [1.807, 2.05) is 6.92 Å². The average molecular weight is 469 g/mol. The lowest BCUT2D eigenvalue weighted by atomic mass is 10.2. The van der Waals surface area contributed by atoms with E-state index in [2.05, 4.69) is 0 Å². The molecule has 2 N–H and O–H groups in total. The van der Waals surface area contributed by atoms with Gasteiger partial charge in [-0.25, -0.2) is 8.42 Å². The van der Waals surface area contributed by atoms with Crippen LogP contribution in [0.4, 0.5) is 0 Å². The maximum atomic E-state index is 12.9. The van der Waals surface area contributed by atoms with E-state index in [0.717, 1.165) is 5.56 Å². The number of carbonyl (C=O) groups excluding carboxylic acids is 2. The summed E-state index contributed by atoms with van der Waals surface area (Å²) in [5, 5.41) is 0.586. The number of halogens is 1. The molecule has 0 radical (unpaired) electrons. The molecule has 2 heterocycles. The smallest absolute Gasteiger partial charge is 0.265 e. The van der Waals surface area contributed by atoms with E-state index in [1.54, 1.807) is 37.1 Å². The normalized spacial score (nSPS) is 16.2. The number of carbonyl (C=O) groups is 2. The van der Waals surface area contributed by atoms with Crippen LogP contribution in [-0.2, 0) is 21.9 Å². The molecule has 11 heteroatoms. The lowest BCUT2D eigenvalue weighted by Gasteiger charge is -2.35. The molecule has 1 aliphatic heterocycles. The van der Waals surface area contributed by atoms with Crippen molar-refractivity contribution < 1.29 is 22.7 Å². The maximum absolute atomic E-state index is 12.9. The number of nitrogens with two attached hydrogens (primary N) is 1. The molecule has 1 fully saturated rings. The van der Waals surface area contributed by atoms with Gasteiger partial charge in [-0.3, -0.25) is 9.59 Å². The Bertz CT molecular complexity index is 1110. The molecule has 168 valence electrons. The first-order chi connectivity index (χ1) is 14.5. The lowest BCUT2D eigenvalue weighted by Crippen LogP contribution is -2.53. The van der Waals surface area contributed by atoms with Gasteiger partial charge >= 0.3 is 0 Å². The first kappa shape index (κ1) is 23.1. The SMILES string of the molecule is Cc1cc(Cl)ccc1O[C@H](C)C(=O)N1CCN(S(=O)(=O)c2cc(C(N)=O)n(C)c2)CC1. The number of aryl methyl sites for hydroxylation is 2. The molecular weight excluding hydrogens is 444 g/mol. The highest BCUT2D eigenvalue weighted by Crippen LogP contribution is 2.24. The molecular formula is C20H25ClN4O5S. The molecule has 1 atom stereocenters. The van der Waals surface area contributed by atoms with Crippen LogP contribution in [0.3, 0.4) is 0 Å². The Morgan fingerprint density at radius 1 is 1.16 bits per heavy atom. The molecule has 0 aliphatic carbocycles. The summed E-state index contributed by atoms with van der Waals surface area (Å²) in [6, 6.07) is 6.43. The first-order valence-electron chi connectivity index (χ1n) is 9.68. The number of hydrogen-bond donors (Lipinski definition) is 1. The number of piperazine rings is 1. The average Bonchev–Trinajstić information content (AvgIpc) is 3.12. The minimum absolute atomic E-state index is 0.00140. The summed E-state index contributed by atoms with van der Waals surface area (Å²) >= 11 is 5.95. The topological polar surface area (TPSA) is 115 Å². The second-order valence-electron chi connectivity index (χ2n) is 7.44. The summed E-state index contributed by atoms with van der Waals surface area (Å²) in [5.41, 5.74) is 6.20. The molecule has 1 aromatic carbocycles. The fourth-order valence-electron chi connectivity index (χ4n) is 3.46. The van der Waals surface area contributed by atoms with E-state index >= 15 is 0 Å². The highest BCUT2D eigenvalue weighted by atomic mass is 35.5. The van der Waals surface area contributed by atoms with Crippen molar-refractivity contribution in [3.63, 3.8) is 0 Å². The van der Waals surface area contributed by atoms with Crippen molar-refractivity contribution in [2.45, 2.75) is 24.8 Å². The van der Waals surface area contributed by atoms with Crippen LogP contribution in [0.15, 0.2) is 35.4 Å². The molecule has 1 aliphatic rings. The van der Waals surface area contributed by atoms with Crippen LogP contribution in [0, 0.1) is 6.92 Å². The highest BCUT2D eigenvalue weighted by molar-refractivity contribution is 7.89. The van der Waals surface area contributed by atoms with Gasteiger partial charge in [0.15, 0.2) is 6.10 Å². The Morgan fingerprint density at radius 3 is 2.35 bits per heavy atom. The molecule has 0 unspecified atom stereocenters. The molecule has 1 aromatic heterocycles. The summed E-state index contributed by atoms with van der Waals surface area (Å²) in [7, 11) is -2.25. The van der Waals surface area contributed by atoms with Crippen LogP contribution in [0.5, 0.6) is 5.75 Å².